The van der Waals surface area contributed by atoms with Crippen LogP contribution in [-0.4, -0.2) is 28.6 Å². The van der Waals surface area contributed by atoms with Gasteiger partial charge in [0.1, 0.15) is 0 Å². The van der Waals surface area contributed by atoms with Crippen LogP contribution >= 0.6 is 0 Å². The minimum atomic E-state index is -0.436. The topological polar surface area (TPSA) is 92.5 Å². The molecule has 1 aliphatic rings. The summed E-state index contributed by atoms with van der Waals surface area (Å²) in [5, 5.41) is 23.4. The van der Waals surface area contributed by atoms with Gasteiger partial charge in [0.2, 0.25) is 5.91 Å². The highest BCUT2D eigenvalue weighted by Gasteiger charge is 2.23. The summed E-state index contributed by atoms with van der Waals surface area (Å²) in [7, 11) is 0. The molecule has 6 heteroatoms. The van der Waals surface area contributed by atoms with E-state index in [1.807, 2.05) is 0 Å². The van der Waals surface area contributed by atoms with Gasteiger partial charge in [-0.05, 0) is 24.8 Å². The SMILES string of the molecule is O=C(CCc1cccc([N+](=O)[O-])c1)NC[C@H]1CCCC[C@H]1O. The number of hydrogen-bond donors (Lipinski definition) is 2. The van der Waals surface area contributed by atoms with Gasteiger partial charge < -0.3 is 10.4 Å². The van der Waals surface area contributed by atoms with Crippen LogP contribution in [0, 0.1) is 16.0 Å². The predicted molar refractivity (Wildman–Crippen MR) is 82.4 cm³/mol. The second-order valence-corrected chi connectivity index (χ2v) is 5.84. The van der Waals surface area contributed by atoms with Gasteiger partial charge in [0.15, 0.2) is 0 Å². The summed E-state index contributed by atoms with van der Waals surface area (Å²) >= 11 is 0. The Hall–Kier alpha value is -1.95. The molecule has 0 saturated heterocycles. The lowest BCUT2D eigenvalue weighted by Gasteiger charge is -2.27. The van der Waals surface area contributed by atoms with Crippen molar-refractivity contribution in [3.63, 3.8) is 0 Å². The second-order valence-electron chi connectivity index (χ2n) is 5.84. The van der Waals surface area contributed by atoms with Crippen molar-refractivity contribution in [3.8, 4) is 0 Å². The molecule has 1 amide bonds. The maximum atomic E-state index is 11.9. The minimum Gasteiger partial charge on any atom is -0.393 e. The highest BCUT2D eigenvalue weighted by Crippen LogP contribution is 2.23. The third kappa shape index (κ3) is 4.80. The van der Waals surface area contributed by atoms with E-state index < -0.39 is 4.92 Å². The molecule has 0 spiro atoms. The van der Waals surface area contributed by atoms with E-state index in [1.165, 1.54) is 12.1 Å². The Kier molecular flexibility index (Phi) is 5.89. The van der Waals surface area contributed by atoms with Crippen molar-refractivity contribution in [2.45, 2.75) is 44.6 Å². The van der Waals surface area contributed by atoms with Gasteiger partial charge in [-0.25, -0.2) is 0 Å². The molecule has 0 aliphatic heterocycles. The standard InChI is InChI=1S/C16H22N2O4/c19-15-7-2-1-5-13(15)11-17-16(20)9-8-12-4-3-6-14(10-12)18(21)22/h3-4,6,10,13,15,19H,1-2,5,7-9,11H2,(H,17,20)/t13-,15-/m1/s1. The lowest BCUT2D eigenvalue weighted by atomic mass is 9.86. The second kappa shape index (κ2) is 7.89. The average Bonchev–Trinajstić information content (AvgIpc) is 2.52. The van der Waals surface area contributed by atoms with E-state index in [1.54, 1.807) is 12.1 Å². The van der Waals surface area contributed by atoms with Crippen LogP contribution in [-0.2, 0) is 11.2 Å². The Morgan fingerprint density at radius 1 is 1.36 bits per heavy atom. The molecule has 2 atom stereocenters. The number of nitro groups is 1. The van der Waals surface area contributed by atoms with Crippen molar-refractivity contribution in [1.29, 1.82) is 0 Å². The highest BCUT2D eigenvalue weighted by atomic mass is 16.6. The van der Waals surface area contributed by atoms with Gasteiger partial charge >= 0.3 is 0 Å². The molecule has 6 nitrogen and oxygen atoms in total. The van der Waals surface area contributed by atoms with E-state index in [0.717, 1.165) is 31.2 Å². The van der Waals surface area contributed by atoms with E-state index >= 15 is 0 Å². The average molecular weight is 306 g/mol. The molecule has 2 rings (SSSR count). The zero-order valence-corrected chi connectivity index (χ0v) is 12.5. The van der Waals surface area contributed by atoms with Crippen LogP contribution in [0.2, 0.25) is 0 Å². The van der Waals surface area contributed by atoms with Crippen molar-refractivity contribution in [1.82, 2.24) is 5.32 Å². The van der Waals surface area contributed by atoms with Crippen LogP contribution in [0.1, 0.15) is 37.7 Å². The first-order valence-electron chi connectivity index (χ1n) is 7.74. The number of amides is 1. The van der Waals surface area contributed by atoms with E-state index in [2.05, 4.69) is 5.32 Å². The first kappa shape index (κ1) is 16.4. The molecule has 1 aromatic carbocycles. The summed E-state index contributed by atoms with van der Waals surface area (Å²) in [5.74, 6) is 0.0693. The molecule has 120 valence electrons. The minimum absolute atomic E-state index is 0.0447. The normalized spacial score (nSPS) is 21.3. The quantitative estimate of drug-likeness (QED) is 0.622. The molecule has 1 aromatic rings. The summed E-state index contributed by atoms with van der Waals surface area (Å²) < 4.78 is 0. The zero-order valence-electron chi connectivity index (χ0n) is 12.5. The fourth-order valence-corrected chi connectivity index (χ4v) is 2.84. The third-order valence-corrected chi connectivity index (χ3v) is 4.19. The number of nitro benzene ring substituents is 1. The highest BCUT2D eigenvalue weighted by molar-refractivity contribution is 5.76. The van der Waals surface area contributed by atoms with Gasteiger partial charge in [-0.1, -0.05) is 25.0 Å². The van der Waals surface area contributed by atoms with Crippen LogP contribution in [0.15, 0.2) is 24.3 Å². The maximum absolute atomic E-state index is 11.9. The molecule has 2 N–H and O–H groups in total. The van der Waals surface area contributed by atoms with Crippen molar-refractivity contribution in [2.75, 3.05) is 6.54 Å². The molecule has 22 heavy (non-hydrogen) atoms. The summed E-state index contributed by atoms with van der Waals surface area (Å²) in [4.78, 5) is 22.1. The Labute approximate surface area is 129 Å². The molecule has 0 aromatic heterocycles. The number of non-ortho nitro benzene ring substituents is 1. The van der Waals surface area contributed by atoms with Gasteiger partial charge in [-0.15, -0.1) is 0 Å². The molecule has 0 heterocycles. The van der Waals surface area contributed by atoms with Crippen molar-refractivity contribution >= 4 is 11.6 Å². The van der Waals surface area contributed by atoms with Gasteiger partial charge in [-0.2, -0.15) is 0 Å². The number of rotatable bonds is 6. The number of benzene rings is 1. The number of nitrogens with one attached hydrogen (secondary N) is 1. The molecule has 0 radical (unpaired) electrons. The van der Waals surface area contributed by atoms with Crippen LogP contribution in [0.4, 0.5) is 5.69 Å². The Morgan fingerprint density at radius 2 is 2.14 bits per heavy atom. The lowest BCUT2D eigenvalue weighted by Crippen LogP contribution is -2.36. The molecule has 1 fully saturated rings. The van der Waals surface area contributed by atoms with Crippen LogP contribution in [0.5, 0.6) is 0 Å². The largest absolute Gasteiger partial charge is 0.393 e. The van der Waals surface area contributed by atoms with Gasteiger partial charge in [0.25, 0.3) is 5.69 Å². The summed E-state index contributed by atoms with van der Waals surface area (Å²) in [5.41, 5.74) is 0.824. The zero-order chi connectivity index (χ0) is 15.9. The number of aryl methyl sites for hydroxylation is 1. The molecule has 0 bridgehead atoms. The Morgan fingerprint density at radius 3 is 2.86 bits per heavy atom. The molecule has 0 unspecified atom stereocenters. The van der Waals surface area contributed by atoms with E-state index in [-0.39, 0.29) is 23.6 Å². The van der Waals surface area contributed by atoms with Crippen molar-refractivity contribution in [3.05, 3.63) is 39.9 Å². The fraction of sp³-hybridized carbons (Fsp3) is 0.562. The number of aliphatic hydroxyl groups excluding tert-OH is 1. The maximum Gasteiger partial charge on any atom is 0.269 e. The van der Waals surface area contributed by atoms with Crippen molar-refractivity contribution < 1.29 is 14.8 Å². The number of aliphatic hydroxyl groups is 1. The number of nitrogens with zero attached hydrogens (tertiary/aromatic N) is 1. The Bertz CT molecular complexity index is 533. The summed E-state index contributed by atoms with van der Waals surface area (Å²) in [6.07, 6.45) is 4.38. The van der Waals surface area contributed by atoms with Crippen LogP contribution < -0.4 is 5.32 Å². The third-order valence-electron chi connectivity index (χ3n) is 4.19. The van der Waals surface area contributed by atoms with Gasteiger partial charge in [-0.3, -0.25) is 14.9 Å². The first-order valence-corrected chi connectivity index (χ1v) is 7.74. The van der Waals surface area contributed by atoms with E-state index in [4.69, 9.17) is 0 Å². The lowest BCUT2D eigenvalue weighted by molar-refractivity contribution is -0.384. The first-order chi connectivity index (χ1) is 10.6. The number of carbonyl (C=O) groups is 1. The fourth-order valence-electron chi connectivity index (χ4n) is 2.84. The van der Waals surface area contributed by atoms with Gasteiger partial charge in [0.05, 0.1) is 11.0 Å². The van der Waals surface area contributed by atoms with Crippen molar-refractivity contribution in [2.24, 2.45) is 5.92 Å². The molecule has 1 saturated carbocycles. The molecular formula is C16H22N2O4. The number of hydrogen-bond acceptors (Lipinski definition) is 4. The molecule has 1 aliphatic carbocycles. The Balaban J connectivity index is 1.75. The van der Waals surface area contributed by atoms with Crippen LogP contribution in [0.3, 0.4) is 0 Å². The predicted octanol–water partition coefficient (Wildman–Crippen LogP) is 2.19. The molecular weight excluding hydrogens is 284 g/mol. The smallest absolute Gasteiger partial charge is 0.269 e. The number of carbonyl (C=O) groups excluding carboxylic acids is 1. The monoisotopic (exact) mass is 306 g/mol. The van der Waals surface area contributed by atoms with E-state index in [9.17, 15) is 20.0 Å². The van der Waals surface area contributed by atoms with Gasteiger partial charge in [0, 0.05) is 31.0 Å². The van der Waals surface area contributed by atoms with E-state index in [0.29, 0.717) is 19.4 Å². The van der Waals surface area contributed by atoms with Crippen LogP contribution in [0.25, 0.3) is 0 Å². The summed E-state index contributed by atoms with van der Waals surface area (Å²) in [6, 6.07) is 6.35. The summed E-state index contributed by atoms with van der Waals surface area (Å²) in [6.45, 7) is 0.509.